The maximum absolute atomic E-state index is 12.8. The van der Waals surface area contributed by atoms with Gasteiger partial charge in [-0.25, -0.2) is 4.98 Å². The van der Waals surface area contributed by atoms with Crippen molar-refractivity contribution in [2.45, 2.75) is 19.9 Å². The highest BCUT2D eigenvalue weighted by molar-refractivity contribution is 7.15. The number of amides is 1. The molecule has 132 valence electrons. The summed E-state index contributed by atoms with van der Waals surface area (Å²) in [7, 11) is 1.67. The Bertz CT molecular complexity index is 964. The molecule has 26 heavy (non-hydrogen) atoms. The van der Waals surface area contributed by atoms with Crippen LogP contribution in [0.15, 0.2) is 48.5 Å². The van der Waals surface area contributed by atoms with Crippen LogP contribution in [0.4, 0.5) is 0 Å². The number of aryl methyl sites for hydroxylation is 1. The molecule has 5 heteroatoms. The Kier molecular flexibility index (Phi) is 4.47. The summed E-state index contributed by atoms with van der Waals surface area (Å²) in [6.07, 6.45) is 0.799. The first-order valence-corrected chi connectivity index (χ1v) is 9.44. The fourth-order valence-electron chi connectivity index (χ4n) is 3.21. The van der Waals surface area contributed by atoms with E-state index in [4.69, 9.17) is 9.72 Å². The molecule has 0 unspecified atom stereocenters. The van der Waals surface area contributed by atoms with Crippen LogP contribution in [0.25, 0.3) is 10.6 Å². The number of aromatic nitrogens is 1. The molecule has 2 aromatic carbocycles. The van der Waals surface area contributed by atoms with Gasteiger partial charge in [-0.1, -0.05) is 29.8 Å². The van der Waals surface area contributed by atoms with Gasteiger partial charge >= 0.3 is 0 Å². The molecule has 1 aliphatic heterocycles. The second-order valence-corrected chi connectivity index (χ2v) is 7.55. The van der Waals surface area contributed by atoms with Crippen LogP contribution in [-0.4, -0.2) is 29.4 Å². The molecule has 4 nitrogen and oxygen atoms in total. The third kappa shape index (κ3) is 3.22. The number of benzene rings is 2. The van der Waals surface area contributed by atoms with Crippen molar-refractivity contribution in [3.8, 4) is 16.3 Å². The standard InChI is InChI=1S/C21H20N2O2S/c1-14-5-3-7-16(11-14)21(24)23-10-9-18-19(13-23)26-20(22-18)15-6-4-8-17(12-15)25-2/h3-8,11-12H,9-10,13H2,1-2H3. The molecule has 0 spiro atoms. The molecule has 2 heterocycles. The van der Waals surface area contributed by atoms with Crippen molar-refractivity contribution in [1.82, 2.24) is 9.88 Å². The topological polar surface area (TPSA) is 42.4 Å². The molecular weight excluding hydrogens is 344 g/mol. The van der Waals surface area contributed by atoms with Crippen molar-refractivity contribution in [3.05, 3.63) is 70.2 Å². The number of rotatable bonds is 3. The van der Waals surface area contributed by atoms with E-state index in [1.165, 1.54) is 4.88 Å². The van der Waals surface area contributed by atoms with E-state index in [1.807, 2.05) is 60.4 Å². The quantitative estimate of drug-likeness (QED) is 0.695. The van der Waals surface area contributed by atoms with E-state index in [2.05, 4.69) is 0 Å². The van der Waals surface area contributed by atoms with Gasteiger partial charge in [-0.2, -0.15) is 0 Å². The number of thiazole rings is 1. The Morgan fingerprint density at radius 2 is 2.04 bits per heavy atom. The van der Waals surface area contributed by atoms with Crippen LogP contribution in [-0.2, 0) is 13.0 Å². The number of fused-ring (bicyclic) bond motifs is 1. The minimum absolute atomic E-state index is 0.0932. The average Bonchev–Trinajstić information content (AvgIpc) is 3.11. The Balaban J connectivity index is 1.57. The smallest absolute Gasteiger partial charge is 0.254 e. The van der Waals surface area contributed by atoms with Crippen molar-refractivity contribution in [1.29, 1.82) is 0 Å². The molecule has 1 amide bonds. The first-order chi connectivity index (χ1) is 12.6. The van der Waals surface area contributed by atoms with Crippen LogP contribution >= 0.6 is 11.3 Å². The van der Waals surface area contributed by atoms with E-state index in [9.17, 15) is 4.79 Å². The molecule has 0 N–H and O–H groups in total. The normalized spacial score (nSPS) is 13.4. The molecule has 0 saturated carbocycles. The van der Waals surface area contributed by atoms with Gasteiger partial charge in [0.15, 0.2) is 0 Å². The summed E-state index contributed by atoms with van der Waals surface area (Å²) in [5, 5.41) is 0.985. The van der Waals surface area contributed by atoms with Crippen molar-refractivity contribution in [2.75, 3.05) is 13.7 Å². The second-order valence-electron chi connectivity index (χ2n) is 6.47. The molecule has 0 bridgehead atoms. The van der Waals surface area contributed by atoms with Gasteiger partial charge in [0.25, 0.3) is 5.91 Å². The van der Waals surface area contributed by atoms with E-state index in [0.717, 1.165) is 39.6 Å². The largest absolute Gasteiger partial charge is 0.497 e. The summed E-state index contributed by atoms with van der Waals surface area (Å²) in [6, 6.07) is 15.7. The van der Waals surface area contributed by atoms with Gasteiger partial charge in [-0.05, 0) is 31.2 Å². The highest BCUT2D eigenvalue weighted by atomic mass is 32.1. The Morgan fingerprint density at radius 3 is 2.85 bits per heavy atom. The molecular formula is C21H20N2O2S. The molecule has 3 aromatic rings. The Labute approximate surface area is 157 Å². The second kappa shape index (κ2) is 6.92. The molecule has 0 aliphatic carbocycles. The lowest BCUT2D eigenvalue weighted by Crippen LogP contribution is -2.35. The fourth-order valence-corrected chi connectivity index (χ4v) is 4.33. The summed E-state index contributed by atoms with van der Waals surface area (Å²) in [4.78, 5) is 20.7. The number of hydrogen-bond acceptors (Lipinski definition) is 4. The lowest BCUT2D eigenvalue weighted by Gasteiger charge is -2.26. The van der Waals surface area contributed by atoms with Gasteiger partial charge in [0.2, 0.25) is 0 Å². The van der Waals surface area contributed by atoms with E-state index in [0.29, 0.717) is 13.1 Å². The summed E-state index contributed by atoms with van der Waals surface area (Å²) >= 11 is 1.67. The lowest BCUT2D eigenvalue weighted by molar-refractivity contribution is 0.0736. The van der Waals surface area contributed by atoms with Crippen LogP contribution in [0.2, 0.25) is 0 Å². The SMILES string of the molecule is COc1cccc(-c2nc3c(s2)CN(C(=O)c2cccc(C)c2)CC3)c1. The lowest BCUT2D eigenvalue weighted by atomic mass is 10.1. The summed E-state index contributed by atoms with van der Waals surface area (Å²) in [5.41, 5.74) is 4.03. The van der Waals surface area contributed by atoms with E-state index >= 15 is 0 Å². The predicted molar refractivity (Wildman–Crippen MR) is 104 cm³/mol. The van der Waals surface area contributed by atoms with Crippen LogP contribution in [0.3, 0.4) is 0 Å². The number of nitrogens with zero attached hydrogens (tertiary/aromatic N) is 2. The summed E-state index contributed by atoms with van der Waals surface area (Å²) in [6.45, 7) is 3.35. The minimum Gasteiger partial charge on any atom is -0.497 e. The predicted octanol–water partition coefficient (Wildman–Crippen LogP) is 4.33. The molecule has 0 atom stereocenters. The van der Waals surface area contributed by atoms with Crippen molar-refractivity contribution in [2.24, 2.45) is 0 Å². The molecule has 0 saturated heterocycles. The number of carbonyl (C=O) groups is 1. The first kappa shape index (κ1) is 16.8. The number of ether oxygens (including phenoxy) is 1. The fraction of sp³-hybridized carbons (Fsp3) is 0.238. The zero-order chi connectivity index (χ0) is 18.1. The molecule has 1 aromatic heterocycles. The zero-order valence-electron chi connectivity index (χ0n) is 14.9. The highest BCUT2D eigenvalue weighted by Gasteiger charge is 2.25. The Morgan fingerprint density at radius 1 is 1.19 bits per heavy atom. The van der Waals surface area contributed by atoms with Crippen LogP contribution in [0, 0.1) is 6.92 Å². The molecule has 0 fully saturated rings. The van der Waals surface area contributed by atoms with Crippen LogP contribution in [0.5, 0.6) is 5.75 Å². The van der Waals surface area contributed by atoms with Gasteiger partial charge < -0.3 is 9.64 Å². The molecule has 4 rings (SSSR count). The minimum atomic E-state index is 0.0932. The van der Waals surface area contributed by atoms with Crippen molar-refractivity contribution < 1.29 is 9.53 Å². The average molecular weight is 364 g/mol. The maximum Gasteiger partial charge on any atom is 0.254 e. The number of hydrogen-bond donors (Lipinski definition) is 0. The van der Waals surface area contributed by atoms with Gasteiger partial charge in [-0.3, -0.25) is 4.79 Å². The van der Waals surface area contributed by atoms with Crippen LogP contribution in [0.1, 0.15) is 26.5 Å². The monoisotopic (exact) mass is 364 g/mol. The molecule has 1 aliphatic rings. The van der Waals surface area contributed by atoms with Gasteiger partial charge in [0, 0.05) is 29.0 Å². The Hall–Kier alpha value is -2.66. The summed E-state index contributed by atoms with van der Waals surface area (Å²) in [5.74, 6) is 0.919. The number of carbonyl (C=O) groups excluding carboxylic acids is 1. The van der Waals surface area contributed by atoms with Crippen LogP contribution < -0.4 is 4.74 Å². The third-order valence-electron chi connectivity index (χ3n) is 4.60. The van der Waals surface area contributed by atoms with E-state index in [1.54, 1.807) is 18.4 Å². The first-order valence-electron chi connectivity index (χ1n) is 8.63. The van der Waals surface area contributed by atoms with Gasteiger partial charge in [-0.15, -0.1) is 11.3 Å². The zero-order valence-corrected chi connectivity index (χ0v) is 15.7. The number of methoxy groups -OCH3 is 1. The third-order valence-corrected chi connectivity index (χ3v) is 5.73. The van der Waals surface area contributed by atoms with Crippen molar-refractivity contribution >= 4 is 17.2 Å². The van der Waals surface area contributed by atoms with Gasteiger partial charge in [0.1, 0.15) is 10.8 Å². The van der Waals surface area contributed by atoms with Gasteiger partial charge in [0.05, 0.1) is 19.3 Å². The van der Waals surface area contributed by atoms with Crippen molar-refractivity contribution in [3.63, 3.8) is 0 Å². The van der Waals surface area contributed by atoms with E-state index < -0.39 is 0 Å². The van der Waals surface area contributed by atoms with E-state index in [-0.39, 0.29) is 5.91 Å². The summed E-state index contributed by atoms with van der Waals surface area (Å²) < 4.78 is 5.31. The molecule has 0 radical (unpaired) electrons. The highest BCUT2D eigenvalue weighted by Crippen LogP contribution is 2.33. The maximum atomic E-state index is 12.8.